The first-order valence-corrected chi connectivity index (χ1v) is 5.94. The number of carbonyl (C=O) groups excluding carboxylic acids is 1. The van der Waals surface area contributed by atoms with Gasteiger partial charge in [0.25, 0.3) is 0 Å². The molecule has 88 valence electrons. The third-order valence-corrected chi connectivity index (χ3v) is 3.08. The van der Waals surface area contributed by atoms with E-state index >= 15 is 0 Å². The van der Waals surface area contributed by atoms with Crippen molar-refractivity contribution < 1.29 is 4.79 Å². The van der Waals surface area contributed by atoms with Crippen LogP contribution in [0.1, 0.15) is 47.7 Å². The summed E-state index contributed by atoms with van der Waals surface area (Å²) in [6.07, 6.45) is 2.87. The topological polar surface area (TPSA) is 43.1 Å². The fourth-order valence-corrected chi connectivity index (χ4v) is 1.77. The Labute approximate surface area is 97.9 Å². The number of aryl methyl sites for hydroxylation is 1. The van der Waals surface area contributed by atoms with Crippen molar-refractivity contribution in [1.82, 2.24) is 0 Å². The van der Waals surface area contributed by atoms with Crippen molar-refractivity contribution in [3.8, 4) is 0 Å². The first-order chi connectivity index (χ1) is 7.57. The van der Waals surface area contributed by atoms with Crippen LogP contribution in [0.3, 0.4) is 0 Å². The molecular formula is C14H21NO. The zero-order chi connectivity index (χ0) is 12.1. The smallest absolute Gasteiger partial charge is 0.179 e. The Hall–Kier alpha value is -1.15. The Balaban J connectivity index is 2.84. The number of rotatable bonds is 5. The maximum absolute atomic E-state index is 12.1. The Kier molecular flexibility index (Phi) is 4.69. The number of carbonyl (C=O) groups is 1. The van der Waals surface area contributed by atoms with Crippen LogP contribution in [-0.4, -0.2) is 11.8 Å². The van der Waals surface area contributed by atoms with Gasteiger partial charge in [-0.1, -0.05) is 38.0 Å². The normalized spacial score (nSPS) is 12.5. The van der Waals surface area contributed by atoms with Crippen LogP contribution in [0.5, 0.6) is 0 Å². The average Bonchev–Trinajstić information content (AvgIpc) is 2.28. The van der Waals surface area contributed by atoms with Gasteiger partial charge in [-0.3, -0.25) is 4.79 Å². The molecule has 0 aliphatic heterocycles. The lowest BCUT2D eigenvalue weighted by Gasteiger charge is -2.13. The summed E-state index contributed by atoms with van der Waals surface area (Å²) in [6.45, 7) is 6.11. The van der Waals surface area contributed by atoms with Crippen molar-refractivity contribution >= 4 is 5.78 Å². The van der Waals surface area contributed by atoms with Crippen molar-refractivity contribution in [2.45, 2.75) is 46.1 Å². The third kappa shape index (κ3) is 2.92. The third-order valence-electron chi connectivity index (χ3n) is 3.08. The zero-order valence-corrected chi connectivity index (χ0v) is 10.4. The predicted octanol–water partition coefficient (Wildman–Crippen LogP) is 3.00. The van der Waals surface area contributed by atoms with Crippen molar-refractivity contribution in [3.05, 3.63) is 34.9 Å². The van der Waals surface area contributed by atoms with Gasteiger partial charge in [-0.05, 0) is 31.4 Å². The van der Waals surface area contributed by atoms with E-state index in [9.17, 15) is 4.79 Å². The molecule has 1 rings (SSSR count). The monoisotopic (exact) mass is 219 g/mol. The molecule has 2 heteroatoms. The van der Waals surface area contributed by atoms with E-state index in [0.29, 0.717) is 0 Å². The number of benzene rings is 1. The number of hydrogen-bond donors (Lipinski definition) is 1. The minimum atomic E-state index is -0.347. The van der Waals surface area contributed by atoms with Gasteiger partial charge in [0.05, 0.1) is 6.04 Å². The van der Waals surface area contributed by atoms with Gasteiger partial charge >= 0.3 is 0 Å². The minimum absolute atomic E-state index is 0.0784. The van der Waals surface area contributed by atoms with E-state index in [0.717, 1.165) is 36.0 Å². The van der Waals surface area contributed by atoms with E-state index in [1.165, 1.54) is 0 Å². The van der Waals surface area contributed by atoms with Crippen molar-refractivity contribution in [3.63, 3.8) is 0 Å². The summed E-state index contributed by atoms with van der Waals surface area (Å²) in [4.78, 5) is 12.1. The fraction of sp³-hybridized carbons (Fsp3) is 0.500. The minimum Gasteiger partial charge on any atom is -0.321 e. The summed E-state index contributed by atoms with van der Waals surface area (Å²) in [5.74, 6) is 0.0784. The Bertz CT molecular complexity index is 371. The highest BCUT2D eigenvalue weighted by atomic mass is 16.1. The lowest BCUT2D eigenvalue weighted by atomic mass is 9.94. The molecule has 1 unspecified atom stereocenters. The molecule has 16 heavy (non-hydrogen) atoms. The largest absolute Gasteiger partial charge is 0.321 e. The molecule has 2 N–H and O–H groups in total. The summed E-state index contributed by atoms with van der Waals surface area (Å²) in [6, 6.07) is 5.46. The summed E-state index contributed by atoms with van der Waals surface area (Å²) in [7, 11) is 0. The van der Waals surface area contributed by atoms with Gasteiger partial charge in [0.15, 0.2) is 5.78 Å². The van der Waals surface area contributed by atoms with Crippen LogP contribution < -0.4 is 5.73 Å². The van der Waals surface area contributed by atoms with Crippen LogP contribution in [0, 0.1) is 13.8 Å². The summed E-state index contributed by atoms with van der Waals surface area (Å²) < 4.78 is 0. The van der Waals surface area contributed by atoms with Gasteiger partial charge in [0.1, 0.15) is 0 Å². The van der Waals surface area contributed by atoms with Gasteiger partial charge in [-0.15, -0.1) is 0 Å². The van der Waals surface area contributed by atoms with E-state index in [1.807, 2.05) is 32.0 Å². The molecule has 0 saturated heterocycles. The molecule has 1 aromatic rings. The molecule has 0 fully saturated rings. The molecule has 0 radical (unpaired) electrons. The summed E-state index contributed by atoms with van der Waals surface area (Å²) >= 11 is 0. The highest BCUT2D eigenvalue weighted by Crippen LogP contribution is 2.15. The number of ketones is 1. The first kappa shape index (κ1) is 12.9. The second kappa shape index (κ2) is 5.80. The second-order valence-corrected chi connectivity index (χ2v) is 4.36. The van der Waals surface area contributed by atoms with Gasteiger partial charge in [0.2, 0.25) is 0 Å². The Morgan fingerprint density at radius 2 is 2.06 bits per heavy atom. The second-order valence-electron chi connectivity index (χ2n) is 4.36. The van der Waals surface area contributed by atoms with E-state index in [-0.39, 0.29) is 11.8 Å². The maximum atomic E-state index is 12.1. The molecular weight excluding hydrogens is 198 g/mol. The molecule has 0 saturated carbocycles. The molecule has 1 aromatic carbocycles. The van der Waals surface area contributed by atoms with Crippen LogP contribution in [0.15, 0.2) is 18.2 Å². The quantitative estimate of drug-likeness (QED) is 0.774. The van der Waals surface area contributed by atoms with Crippen LogP contribution in [-0.2, 0) is 0 Å². The molecule has 2 nitrogen and oxygen atoms in total. The maximum Gasteiger partial charge on any atom is 0.179 e. The Morgan fingerprint density at radius 3 is 2.69 bits per heavy atom. The highest BCUT2D eigenvalue weighted by Gasteiger charge is 2.17. The molecule has 0 spiro atoms. The van der Waals surface area contributed by atoms with E-state index < -0.39 is 0 Å². The lowest BCUT2D eigenvalue weighted by molar-refractivity contribution is 0.0955. The van der Waals surface area contributed by atoms with Crippen molar-refractivity contribution in [2.75, 3.05) is 0 Å². The number of unbranched alkanes of at least 4 members (excludes halogenated alkanes) is 1. The predicted molar refractivity (Wildman–Crippen MR) is 67.7 cm³/mol. The van der Waals surface area contributed by atoms with E-state index in [2.05, 4.69) is 6.92 Å². The molecule has 0 aliphatic carbocycles. The van der Waals surface area contributed by atoms with E-state index in [1.54, 1.807) is 0 Å². The number of Topliss-reactive ketones (excluding diaryl/α,β-unsaturated/α-hetero) is 1. The lowest BCUT2D eigenvalue weighted by Crippen LogP contribution is -2.31. The molecule has 0 amide bonds. The van der Waals surface area contributed by atoms with Gasteiger partial charge in [0, 0.05) is 5.56 Å². The van der Waals surface area contributed by atoms with Gasteiger partial charge in [-0.25, -0.2) is 0 Å². The molecule has 0 aromatic heterocycles. The molecule has 0 heterocycles. The van der Waals surface area contributed by atoms with Crippen LogP contribution in [0.2, 0.25) is 0 Å². The van der Waals surface area contributed by atoms with Crippen molar-refractivity contribution in [1.29, 1.82) is 0 Å². The van der Waals surface area contributed by atoms with Crippen molar-refractivity contribution in [2.24, 2.45) is 5.73 Å². The Morgan fingerprint density at radius 1 is 1.38 bits per heavy atom. The molecule has 0 aliphatic rings. The SMILES string of the molecule is CCCCC(N)C(=O)c1cccc(C)c1C. The van der Waals surface area contributed by atoms with Crippen LogP contribution in [0.4, 0.5) is 0 Å². The molecule has 1 atom stereocenters. The first-order valence-electron chi connectivity index (χ1n) is 5.94. The van der Waals surface area contributed by atoms with Gasteiger partial charge in [-0.2, -0.15) is 0 Å². The van der Waals surface area contributed by atoms with Crippen LogP contribution >= 0.6 is 0 Å². The van der Waals surface area contributed by atoms with Crippen LogP contribution in [0.25, 0.3) is 0 Å². The number of nitrogens with two attached hydrogens (primary N) is 1. The fourth-order valence-electron chi connectivity index (χ4n) is 1.77. The summed E-state index contributed by atoms with van der Waals surface area (Å²) in [5.41, 5.74) is 8.89. The van der Waals surface area contributed by atoms with E-state index in [4.69, 9.17) is 5.73 Å². The highest BCUT2D eigenvalue weighted by molar-refractivity contribution is 6.01. The average molecular weight is 219 g/mol. The summed E-state index contributed by atoms with van der Waals surface area (Å²) in [5, 5.41) is 0. The zero-order valence-electron chi connectivity index (χ0n) is 10.4. The standard InChI is InChI=1S/C14H21NO/c1-4-5-9-13(15)14(16)12-8-6-7-10(2)11(12)3/h6-8,13H,4-5,9,15H2,1-3H3. The molecule has 0 bridgehead atoms. The number of hydrogen-bond acceptors (Lipinski definition) is 2. The van der Waals surface area contributed by atoms with Gasteiger partial charge < -0.3 is 5.73 Å².